The number of hydrogen-bond donors (Lipinski definition) is 1. The monoisotopic (exact) mass is 415 g/mol. The zero-order valence-electron chi connectivity index (χ0n) is 17.8. The predicted molar refractivity (Wildman–Crippen MR) is 116 cm³/mol. The third-order valence-electron chi connectivity index (χ3n) is 6.81. The van der Waals surface area contributed by atoms with Crippen molar-refractivity contribution in [2.75, 3.05) is 26.2 Å². The number of fused-ring (bicyclic) bond motifs is 1. The van der Waals surface area contributed by atoms with Crippen LogP contribution in [0.25, 0.3) is 11.0 Å². The zero-order chi connectivity index (χ0) is 21.1. The summed E-state index contributed by atoms with van der Waals surface area (Å²) in [5.41, 5.74) is 2.25. The van der Waals surface area contributed by atoms with Gasteiger partial charge in [0.25, 0.3) is 0 Å². The summed E-state index contributed by atoms with van der Waals surface area (Å²) in [5.74, 6) is 5.00. The van der Waals surface area contributed by atoms with E-state index in [1.807, 2.05) is 21.3 Å². The van der Waals surface area contributed by atoms with Crippen LogP contribution in [0.3, 0.4) is 0 Å². The molecule has 2 fully saturated rings. The lowest BCUT2D eigenvalue weighted by Crippen LogP contribution is -2.49. The number of hydrogen-bond acceptors (Lipinski definition) is 5. The van der Waals surface area contributed by atoms with Crippen molar-refractivity contribution < 1.29 is 9.63 Å². The molecule has 2 saturated heterocycles. The Morgan fingerprint density at radius 3 is 2.30 bits per heavy atom. The average molecular weight is 416 g/mol. The molecule has 2 aliphatic heterocycles. The summed E-state index contributed by atoms with van der Waals surface area (Å²) in [6.45, 7) is 6.28. The van der Waals surface area contributed by atoms with Gasteiger partial charge in [0.2, 0.25) is 0 Å². The first-order chi connectivity index (χ1) is 14.6. The number of nitrogens with zero attached hydrogens (tertiary/aromatic N) is 4. The Bertz CT molecular complexity index is 920. The van der Waals surface area contributed by atoms with Gasteiger partial charge in [0.05, 0.1) is 11.0 Å². The molecule has 8 nitrogen and oxygen atoms in total. The van der Waals surface area contributed by atoms with Gasteiger partial charge in [-0.2, -0.15) is 5.90 Å². The molecule has 2 aromatic rings. The smallest absolute Gasteiger partial charge is 0.357 e. The number of unbranched alkanes of at least 4 members (excludes halogenated alkanes) is 1. The molecule has 3 heterocycles. The fourth-order valence-corrected chi connectivity index (χ4v) is 5.11. The average Bonchev–Trinajstić information content (AvgIpc) is 3.08. The molecule has 2 aliphatic rings. The van der Waals surface area contributed by atoms with Crippen LogP contribution in [0.2, 0.25) is 0 Å². The highest BCUT2D eigenvalue weighted by atomic mass is 16.7. The maximum Gasteiger partial charge on any atom is 0.428 e. The Hall–Kier alpha value is -2.32. The molecular weight excluding hydrogens is 382 g/mol. The van der Waals surface area contributed by atoms with Crippen molar-refractivity contribution in [1.82, 2.24) is 18.9 Å². The van der Waals surface area contributed by atoms with Gasteiger partial charge in [0.15, 0.2) is 0 Å². The van der Waals surface area contributed by atoms with Crippen molar-refractivity contribution in [2.24, 2.45) is 5.90 Å². The molecule has 30 heavy (non-hydrogen) atoms. The molecule has 1 amide bonds. The molecule has 0 saturated carbocycles. The van der Waals surface area contributed by atoms with E-state index in [2.05, 4.69) is 28.8 Å². The normalized spacial score (nSPS) is 19.5. The molecule has 0 aliphatic carbocycles. The minimum Gasteiger partial charge on any atom is -0.357 e. The minimum absolute atomic E-state index is 0.136. The standard InChI is InChI=1S/C22H33N5O3/c1-2-3-12-26-19-6-4-5-7-20(19)27(21(26)28)18-10-13-24(14-11-18)17-8-15-25(16-9-17)22(29)30-23/h4-7,17-18H,2-3,8-16,23H2,1H3. The van der Waals surface area contributed by atoms with Gasteiger partial charge in [-0.1, -0.05) is 25.5 Å². The van der Waals surface area contributed by atoms with E-state index in [1.165, 1.54) is 0 Å². The van der Waals surface area contributed by atoms with E-state index in [1.54, 1.807) is 4.90 Å². The highest BCUT2D eigenvalue weighted by Gasteiger charge is 2.31. The van der Waals surface area contributed by atoms with Crippen molar-refractivity contribution >= 4 is 17.1 Å². The second-order valence-corrected chi connectivity index (χ2v) is 8.52. The number of carbonyl (C=O) groups excluding carboxylic acids is 1. The molecule has 164 valence electrons. The van der Waals surface area contributed by atoms with E-state index in [-0.39, 0.29) is 11.7 Å². The fourth-order valence-electron chi connectivity index (χ4n) is 5.11. The molecule has 0 bridgehead atoms. The van der Waals surface area contributed by atoms with Gasteiger partial charge in [-0.3, -0.25) is 9.13 Å². The number of likely N-dealkylation sites (tertiary alicyclic amines) is 2. The number of piperidine rings is 2. The van der Waals surface area contributed by atoms with Crippen LogP contribution in [-0.4, -0.2) is 57.2 Å². The first-order valence-corrected chi connectivity index (χ1v) is 11.2. The topological polar surface area (TPSA) is 85.7 Å². The highest BCUT2D eigenvalue weighted by Crippen LogP contribution is 2.29. The Labute approximate surface area is 177 Å². The molecule has 0 radical (unpaired) electrons. The van der Waals surface area contributed by atoms with Crippen molar-refractivity contribution in [3.63, 3.8) is 0 Å². The molecule has 0 spiro atoms. The quantitative estimate of drug-likeness (QED) is 0.759. The number of amides is 1. The van der Waals surface area contributed by atoms with Gasteiger partial charge in [-0.05, 0) is 44.2 Å². The third-order valence-corrected chi connectivity index (χ3v) is 6.81. The number of nitrogens with two attached hydrogens (primary N) is 1. The van der Waals surface area contributed by atoms with E-state index in [0.29, 0.717) is 19.1 Å². The molecule has 0 atom stereocenters. The number of para-hydroxylation sites is 2. The number of benzene rings is 1. The Morgan fingerprint density at radius 2 is 1.67 bits per heavy atom. The second-order valence-electron chi connectivity index (χ2n) is 8.52. The van der Waals surface area contributed by atoms with Gasteiger partial charge in [0, 0.05) is 44.8 Å². The van der Waals surface area contributed by atoms with E-state index in [9.17, 15) is 9.59 Å². The van der Waals surface area contributed by atoms with Crippen LogP contribution in [-0.2, 0) is 11.4 Å². The van der Waals surface area contributed by atoms with Crippen molar-refractivity contribution in [1.29, 1.82) is 0 Å². The Kier molecular flexibility index (Phi) is 6.43. The molecule has 4 rings (SSSR count). The summed E-state index contributed by atoms with van der Waals surface area (Å²) >= 11 is 0. The van der Waals surface area contributed by atoms with E-state index >= 15 is 0 Å². The molecule has 1 aromatic heterocycles. The highest BCUT2D eigenvalue weighted by molar-refractivity contribution is 5.76. The number of aromatic nitrogens is 2. The van der Waals surface area contributed by atoms with Gasteiger partial charge in [-0.15, -0.1) is 0 Å². The summed E-state index contributed by atoms with van der Waals surface area (Å²) in [5, 5.41) is 0. The SMILES string of the molecule is CCCCn1c(=O)n(C2CCN(C3CCN(C(=O)ON)CC3)CC2)c2ccccc21. The number of imidazole rings is 1. The van der Waals surface area contributed by atoms with Gasteiger partial charge in [0.1, 0.15) is 0 Å². The van der Waals surface area contributed by atoms with Crippen LogP contribution in [0.1, 0.15) is 51.5 Å². The van der Waals surface area contributed by atoms with Crippen LogP contribution in [0.15, 0.2) is 29.1 Å². The van der Waals surface area contributed by atoms with Crippen LogP contribution >= 0.6 is 0 Å². The van der Waals surface area contributed by atoms with E-state index < -0.39 is 6.09 Å². The largest absolute Gasteiger partial charge is 0.428 e. The Balaban J connectivity index is 1.44. The van der Waals surface area contributed by atoms with Crippen molar-refractivity contribution in [3.8, 4) is 0 Å². The van der Waals surface area contributed by atoms with Gasteiger partial charge >= 0.3 is 11.8 Å². The molecule has 8 heteroatoms. The second kappa shape index (κ2) is 9.22. The lowest BCUT2D eigenvalue weighted by molar-refractivity contribution is 0.0604. The van der Waals surface area contributed by atoms with E-state index in [4.69, 9.17) is 5.90 Å². The summed E-state index contributed by atoms with van der Waals surface area (Å²) in [6.07, 6.45) is 5.49. The summed E-state index contributed by atoms with van der Waals surface area (Å²) in [6, 6.07) is 8.92. The van der Waals surface area contributed by atoms with Crippen molar-refractivity contribution in [2.45, 2.75) is 64.1 Å². The molecule has 0 unspecified atom stereocenters. The zero-order valence-corrected chi connectivity index (χ0v) is 17.8. The van der Waals surface area contributed by atoms with Crippen LogP contribution < -0.4 is 11.6 Å². The first-order valence-electron chi connectivity index (χ1n) is 11.2. The minimum atomic E-state index is -0.439. The summed E-state index contributed by atoms with van der Waals surface area (Å²) in [7, 11) is 0. The maximum absolute atomic E-state index is 13.3. The van der Waals surface area contributed by atoms with Gasteiger partial charge in [-0.25, -0.2) is 9.59 Å². The molecule has 2 N–H and O–H groups in total. The van der Waals surface area contributed by atoms with Crippen LogP contribution in [0.5, 0.6) is 0 Å². The number of carbonyl (C=O) groups is 1. The maximum atomic E-state index is 13.3. The third kappa shape index (κ3) is 3.98. The van der Waals surface area contributed by atoms with Gasteiger partial charge < -0.3 is 14.6 Å². The predicted octanol–water partition coefficient (Wildman–Crippen LogP) is 2.71. The lowest BCUT2D eigenvalue weighted by atomic mass is 9.97. The lowest BCUT2D eigenvalue weighted by Gasteiger charge is -2.41. The molecular formula is C22H33N5O3. The van der Waals surface area contributed by atoms with E-state index in [0.717, 1.165) is 69.2 Å². The first kappa shape index (κ1) is 20.9. The number of rotatable bonds is 5. The summed E-state index contributed by atoms with van der Waals surface area (Å²) in [4.78, 5) is 33.4. The number of aryl methyl sites for hydroxylation is 1. The van der Waals surface area contributed by atoms with Crippen molar-refractivity contribution in [3.05, 3.63) is 34.7 Å². The molecule has 1 aromatic carbocycles. The van der Waals surface area contributed by atoms with Crippen LogP contribution in [0.4, 0.5) is 4.79 Å². The van der Waals surface area contributed by atoms with Crippen LogP contribution in [0, 0.1) is 0 Å². The summed E-state index contributed by atoms with van der Waals surface area (Å²) < 4.78 is 4.00. The fraction of sp³-hybridized carbons (Fsp3) is 0.636. The Morgan fingerprint density at radius 1 is 1.03 bits per heavy atom.